The summed E-state index contributed by atoms with van der Waals surface area (Å²) in [6.45, 7) is 10.7. The van der Waals surface area contributed by atoms with E-state index in [2.05, 4.69) is 31.0 Å². The Balaban J connectivity index is 1.82. The van der Waals surface area contributed by atoms with Gasteiger partial charge in [-0.3, -0.25) is 4.90 Å². The fraction of sp³-hybridized carbons (Fsp3) is 1.00. The van der Waals surface area contributed by atoms with Gasteiger partial charge in [0.15, 0.2) is 0 Å². The van der Waals surface area contributed by atoms with Gasteiger partial charge in [0.2, 0.25) is 0 Å². The lowest BCUT2D eigenvalue weighted by molar-refractivity contribution is 0.187. The molecule has 0 aliphatic carbocycles. The molecule has 1 rings (SSSR count). The van der Waals surface area contributed by atoms with Gasteiger partial charge < -0.3 is 5.32 Å². The van der Waals surface area contributed by atoms with Gasteiger partial charge in [-0.25, -0.2) is 0 Å². The predicted octanol–water partition coefficient (Wildman–Crippen LogP) is 5.96. The van der Waals surface area contributed by atoms with Gasteiger partial charge in [0.25, 0.3) is 0 Å². The molecular formula is C21H44N2. The Kier molecular flexibility index (Phi) is 13.0. The molecule has 1 aliphatic rings. The average Bonchev–Trinajstić information content (AvgIpc) is 3.09. The molecule has 0 aromatic heterocycles. The first kappa shape index (κ1) is 21.0. The molecule has 138 valence electrons. The van der Waals surface area contributed by atoms with Crippen LogP contribution in [0.4, 0.5) is 0 Å². The Morgan fingerprint density at radius 2 is 1.30 bits per heavy atom. The number of hydrogen-bond donors (Lipinski definition) is 1. The van der Waals surface area contributed by atoms with Gasteiger partial charge in [-0.1, -0.05) is 90.9 Å². The van der Waals surface area contributed by atoms with Crippen molar-refractivity contribution in [2.45, 2.75) is 110 Å². The number of rotatable bonds is 15. The largest absolute Gasteiger partial charge is 0.303 e. The van der Waals surface area contributed by atoms with Crippen molar-refractivity contribution >= 4 is 0 Å². The normalized spacial score (nSPS) is 18.4. The molecule has 1 aliphatic heterocycles. The van der Waals surface area contributed by atoms with E-state index < -0.39 is 0 Å². The highest BCUT2D eigenvalue weighted by Crippen LogP contribution is 2.19. The van der Waals surface area contributed by atoms with E-state index in [1.807, 2.05) is 0 Å². The van der Waals surface area contributed by atoms with Crippen molar-refractivity contribution in [2.24, 2.45) is 5.92 Å². The Labute approximate surface area is 146 Å². The van der Waals surface area contributed by atoms with E-state index in [-0.39, 0.29) is 0 Å². The lowest BCUT2D eigenvalue weighted by atomic mass is 9.95. The summed E-state index contributed by atoms with van der Waals surface area (Å²) in [7, 11) is 0. The molecule has 0 saturated carbocycles. The molecule has 2 unspecified atom stereocenters. The highest BCUT2D eigenvalue weighted by molar-refractivity contribution is 4.76. The first-order valence-electron chi connectivity index (χ1n) is 10.7. The lowest BCUT2D eigenvalue weighted by Crippen LogP contribution is -2.36. The number of hydrogen-bond acceptors (Lipinski definition) is 2. The monoisotopic (exact) mass is 324 g/mol. The van der Waals surface area contributed by atoms with Crippen LogP contribution < -0.4 is 5.32 Å². The summed E-state index contributed by atoms with van der Waals surface area (Å²) in [5.74, 6) is 0.845. The van der Waals surface area contributed by atoms with Crippen LogP contribution in [0.15, 0.2) is 0 Å². The Hall–Kier alpha value is -0.0800. The molecule has 0 bridgehead atoms. The van der Waals surface area contributed by atoms with Gasteiger partial charge in [-0.2, -0.15) is 0 Å². The molecule has 2 atom stereocenters. The summed E-state index contributed by atoms with van der Waals surface area (Å²) in [6.07, 6.45) is 18.8. The van der Waals surface area contributed by atoms with E-state index in [0.717, 1.165) is 18.6 Å². The van der Waals surface area contributed by atoms with E-state index >= 15 is 0 Å². The van der Waals surface area contributed by atoms with Crippen molar-refractivity contribution in [3.8, 4) is 0 Å². The summed E-state index contributed by atoms with van der Waals surface area (Å²) in [6, 6.07) is 0.748. The maximum atomic E-state index is 3.45. The van der Waals surface area contributed by atoms with Gasteiger partial charge in [0, 0.05) is 25.8 Å². The molecular weight excluding hydrogens is 280 g/mol. The molecule has 1 heterocycles. The summed E-state index contributed by atoms with van der Waals surface area (Å²) in [4.78, 5) is 2.60. The van der Waals surface area contributed by atoms with E-state index in [9.17, 15) is 0 Å². The quantitative estimate of drug-likeness (QED) is 0.374. The second-order valence-electron chi connectivity index (χ2n) is 7.87. The van der Waals surface area contributed by atoms with E-state index in [1.54, 1.807) is 0 Å². The van der Waals surface area contributed by atoms with Gasteiger partial charge in [-0.15, -0.1) is 0 Å². The molecule has 1 saturated heterocycles. The van der Waals surface area contributed by atoms with Crippen molar-refractivity contribution in [3.63, 3.8) is 0 Å². The van der Waals surface area contributed by atoms with Gasteiger partial charge in [0.05, 0.1) is 0 Å². The van der Waals surface area contributed by atoms with Crippen LogP contribution in [-0.4, -0.2) is 30.7 Å². The van der Waals surface area contributed by atoms with Crippen LogP contribution in [0.1, 0.15) is 104 Å². The first-order chi connectivity index (χ1) is 11.3. The zero-order valence-corrected chi connectivity index (χ0v) is 16.4. The zero-order valence-electron chi connectivity index (χ0n) is 16.4. The third-order valence-electron chi connectivity index (χ3n) is 5.80. The number of nitrogens with zero attached hydrogens (tertiary/aromatic N) is 1. The molecule has 0 amide bonds. The van der Waals surface area contributed by atoms with Crippen molar-refractivity contribution in [1.82, 2.24) is 10.2 Å². The molecule has 23 heavy (non-hydrogen) atoms. The molecule has 1 fully saturated rings. The SMILES string of the molecule is CCCCCCCCCCCCCCC(C)C(C)N1CCNC1. The third-order valence-corrected chi connectivity index (χ3v) is 5.80. The Bertz CT molecular complexity index is 248. The minimum absolute atomic E-state index is 0.748. The van der Waals surface area contributed by atoms with Crippen LogP contribution in [0.2, 0.25) is 0 Å². The number of unbranched alkanes of at least 4 members (excludes halogenated alkanes) is 11. The van der Waals surface area contributed by atoms with Crippen molar-refractivity contribution in [2.75, 3.05) is 19.8 Å². The van der Waals surface area contributed by atoms with Crippen molar-refractivity contribution in [1.29, 1.82) is 0 Å². The Morgan fingerprint density at radius 1 is 0.783 bits per heavy atom. The molecule has 2 heteroatoms. The average molecular weight is 325 g/mol. The van der Waals surface area contributed by atoms with Crippen molar-refractivity contribution < 1.29 is 0 Å². The van der Waals surface area contributed by atoms with Crippen LogP contribution in [0, 0.1) is 5.92 Å². The fourth-order valence-electron chi connectivity index (χ4n) is 3.78. The Morgan fingerprint density at radius 3 is 1.78 bits per heavy atom. The topological polar surface area (TPSA) is 15.3 Å². The van der Waals surface area contributed by atoms with Crippen LogP contribution in [-0.2, 0) is 0 Å². The second-order valence-corrected chi connectivity index (χ2v) is 7.87. The highest BCUT2D eigenvalue weighted by Gasteiger charge is 2.21. The molecule has 2 nitrogen and oxygen atoms in total. The minimum atomic E-state index is 0.748. The lowest BCUT2D eigenvalue weighted by Gasteiger charge is -2.28. The smallest absolute Gasteiger partial charge is 0.0484 e. The standard InChI is InChI=1S/C21H44N2/c1-4-5-6-7-8-9-10-11-12-13-14-15-16-20(2)21(3)23-18-17-22-19-23/h20-22H,4-19H2,1-3H3. The summed E-state index contributed by atoms with van der Waals surface area (Å²) in [5.41, 5.74) is 0. The van der Waals surface area contributed by atoms with E-state index in [0.29, 0.717) is 0 Å². The molecule has 1 N–H and O–H groups in total. The molecule has 0 spiro atoms. The van der Waals surface area contributed by atoms with Crippen LogP contribution in [0.25, 0.3) is 0 Å². The maximum Gasteiger partial charge on any atom is 0.0484 e. The minimum Gasteiger partial charge on any atom is -0.303 e. The van der Waals surface area contributed by atoms with Gasteiger partial charge in [0.1, 0.15) is 0 Å². The van der Waals surface area contributed by atoms with E-state index in [4.69, 9.17) is 0 Å². The second kappa shape index (κ2) is 14.3. The molecule has 0 aromatic rings. The highest BCUT2D eigenvalue weighted by atomic mass is 15.3. The fourth-order valence-corrected chi connectivity index (χ4v) is 3.78. The van der Waals surface area contributed by atoms with E-state index in [1.165, 1.54) is 96.6 Å². The summed E-state index contributed by atoms with van der Waals surface area (Å²) in [5, 5.41) is 3.45. The van der Waals surface area contributed by atoms with Gasteiger partial charge in [-0.05, 0) is 19.3 Å². The maximum absolute atomic E-state index is 3.45. The zero-order chi connectivity index (χ0) is 16.8. The summed E-state index contributed by atoms with van der Waals surface area (Å²) >= 11 is 0. The number of nitrogens with one attached hydrogen (secondary N) is 1. The molecule has 0 radical (unpaired) electrons. The third kappa shape index (κ3) is 10.4. The molecule has 0 aromatic carbocycles. The van der Waals surface area contributed by atoms with Crippen LogP contribution in [0.3, 0.4) is 0 Å². The van der Waals surface area contributed by atoms with Gasteiger partial charge >= 0.3 is 0 Å². The first-order valence-corrected chi connectivity index (χ1v) is 10.7. The summed E-state index contributed by atoms with van der Waals surface area (Å²) < 4.78 is 0. The predicted molar refractivity (Wildman–Crippen MR) is 104 cm³/mol. The van der Waals surface area contributed by atoms with Crippen LogP contribution in [0.5, 0.6) is 0 Å². The van der Waals surface area contributed by atoms with Crippen molar-refractivity contribution in [3.05, 3.63) is 0 Å². The van der Waals surface area contributed by atoms with Crippen LogP contribution >= 0.6 is 0 Å².